The molecule has 150 valence electrons. The lowest BCUT2D eigenvalue weighted by molar-refractivity contribution is -0.137. The summed E-state index contributed by atoms with van der Waals surface area (Å²) in [5.74, 6) is 0.695. The molecule has 6 nitrogen and oxygen atoms in total. The number of nitrogens with zero attached hydrogens (tertiary/aromatic N) is 2. The first-order chi connectivity index (χ1) is 13.2. The van der Waals surface area contributed by atoms with E-state index in [0.29, 0.717) is 11.5 Å². The summed E-state index contributed by atoms with van der Waals surface area (Å²) in [6.07, 6.45) is -2.36. The van der Waals surface area contributed by atoms with E-state index < -0.39 is 23.3 Å². The van der Waals surface area contributed by atoms with Crippen LogP contribution in [0.15, 0.2) is 29.1 Å². The van der Waals surface area contributed by atoms with Crippen LogP contribution in [0, 0.1) is 5.41 Å². The van der Waals surface area contributed by atoms with Gasteiger partial charge in [-0.2, -0.15) is 18.2 Å². The van der Waals surface area contributed by atoms with Gasteiger partial charge in [0.15, 0.2) is 0 Å². The molecular formula is C19H22F3N5O. The molecule has 0 amide bonds. The smallest absolute Gasteiger partial charge is 0.363 e. The first-order valence-corrected chi connectivity index (χ1v) is 9.05. The number of aromatic nitrogens is 2. The fourth-order valence-electron chi connectivity index (χ4n) is 3.24. The minimum Gasteiger partial charge on any atom is -0.363 e. The van der Waals surface area contributed by atoms with Gasteiger partial charge in [0.25, 0.3) is 5.56 Å². The van der Waals surface area contributed by atoms with Crippen LogP contribution >= 0.6 is 0 Å². The Kier molecular flexibility index (Phi) is 5.44. The lowest BCUT2D eigenvalue weighted by Gasteiger charge is -2.21. The summed E-state index contributed by atoms with van der Waals surface area (Å²) in [5.41, 5.74) is -0.325. The van der Waals surface area contributed by atoms with Crippen LogP contribution in [0.25, 0.3) is 0 Å². The Balaban J connectivity index is 1.91. The van der Waals surface area contributed by atoms with E-state index in [2.05, 4.69) is 15.3 Å². The minimum absolute atomic E-state index is 0.0591. The highest BCUT2D eigenvalue weighted by atomic mass is 19.4. The average molecular weight is 393 g/mol. The predicted molar refractivity (Wildman–Crippen MR) is 102 cm³/mol. The van der Waals surface area contributed by atoms with Gasteiger partial charge >= 0.3 is 6.18 Å². The number of alkyl halides is 3. The van der Waals surface area contributed by atoms with Crippen molar-refractivity contribution in [3.63, 3.8) is 0 Å². The van der Waals surface area contributed by atoms with Crippen molar-refractivity contribution in [3.05, 3.63) is 51.3 Å². The first kappa shape index (κ1) is 19.9. The highest BCUT2D eigenvalue weighted by Crippen LogP contribution is 2.30. The third-order valence-corrected chi connectivity index (χ3v) is 4.78. The zero-order valence-corrected chi connectivity index (χ0v) is 15.7. The van der Waals surface area contributed by atoms with Crippen LogP contribution < -0.4 is 15.8 Å². The summed E-state index contributed by atoms with van der Waals surface area (Å²) < 4.78 is 38.3. The Labute approximate surface area is 160 Å². The van der Waals surface area contributed by atoms with Crippen molar-refractivity contribution < 1.29 is 13.2 Å². The van der Waals surface area contributed by atoms with Gasteiger partial charge in [-0.25, -0.2) is 0 Å². The van der Waals surface area contributed by atoms with Crippen molar-refractivity contribution in [2.75, 3.05) is 23.3 Å². The third-order valence-electron chi connectivity index (χ3n) is 4.78. The second kappa shape index (κ2) is 7.65. The van der Waals surface area contributed by atoms with E-state index in [1.165, 1.54) is 19.1 Å². The minimum atomic E-state index is -4.39. The van der Waals surface area contributed by atoms with E-state index in [1.807, 2.05) is 4.90 Å². The molecular weight excluding hydrogens is 371 g/mol. The average Bonchev–Trinajstić information content (AvgIpc) is 3.15. The summed E-state index contributed by atoms with van der Waals surface area (Å²) in [6.45, 7) is 4.85. The number of H-pyrrole nitrogens is 1. The SMILES string of the molecule is CC(=N)c1c(NC(C)c2ccc(C(F)(F)F)cc2)nc(N2CCCC2)[nH]c1=O. The predicted octanol–water partition coefficient (Wildman–Crippen LogP) is 3.95. The quantitative estimate of drug-likeness (QED) is 0.672. The Morgan fingerprint density at radius 3 is 2.39 bits per heavy atom. The molecule has 1 unspecified atom stereocenters. The van der Waals surface area contributed by atoms with E-state index in [-0.39, 0.29) is 17.1 Å². The van der Waals surface area contributed by atoms with Crippen LogP contribution in [0.5, 0.6) is 0 Å². The van der Waals surface area contributed by atoms with Gasteiger partial charge in [0.05, 0.1) is 5.56 Å². The second-order valence-corrected chi connectivity index (χ2v) is 6.92. The number of aromatic amines is 1. The summed E-state index contributed by atoms with van der Waals surface area (Å²) in [7, 11) is 0. The van der Waals surface area contributed by atoms with Crippen LogP contribution in [0.1, 0.15) is 49.4 Å². The van der Waals surface area contributed by atoms with E-state index in [4.69, 9.17) is 5.41 Å². The van der Waals surface area contributed by atoms with Crippen LogP contribution in [-0.4, -0.2) is 28.8 Å². The van der Waals surface area contributed by atoms with Crippen molar-refractivity contribution in [1.29, 1.82) is 5.41 Å². The van der Waals surface area contributed by atoms with Gasteiger partial charge in [-0.1, -0.05) is 12.1 Å². The third kappa shape index (κ3) is 4.18. The van der Waals surface area contributed by atoms with Crippen molar-refractivity contribution in [2.24, 2.45) is 0 Å². The number of anilines is 2. The highest BCUT2D eigenvalue weighted by Gasteiger charge is 2.30. The monoisotopic (exact) mass is 393 g/mol. The molecule has 0 aliphatic carbocycles. The summed E-state index contributed by atoms with van der Waals surface area (Å²) in [6, 6.07) is 4.44. The van der Waals surface area contributed by atoms with Gasteiger partial charge < -0.3 is 15.6 Å². The number of nitrogens with one attached hydrogen (secondary N) is 3. The number of hydrogen-bond acceptors (Lipinski definition) is 5. The highest BCUT2D eigenvalue weighted by molar-refractivity contribution is 6.00. The molecule has 0 spiro atoms. The summed E-state index contributed by atoms with van der Waals surface area (Å²) >= 11 is 0. The molecule has 0 radical (unpaired) electrons. The molecule has 1 aliphatic rings. The van der Waals surface area contributed by atoms with Crippen molar-refractivity contribution in [1.82, 2.24) is 9.97 Å². The van der Waals surface area contributed by atoms with E-state index >= 15 is 0 Å². The van der Waals surface area contributed by atoms with Crippen molar-refractivity contribution in [3.8, 4) is 0 Å². The van der Waals surface area contributed by atoms with Gasteiger partial charge in [0, 0.05) is 24.8 Å². The summed E-state index contributed by atoms with van der Waals surface area (Å²) in [5, 5.41) is 11.0. The van der Waals surface area contributed by atoms with Crippen LogP contribution in [0.2, 0.25) is 0 Å². The zero-order chi connectivity index (χ0) is 20.5. The molecule has 1 aromatic heterocycles. The van der Waals surface area contributed by atoms with Gasteiger partial charge in [-0.05, 0) is 44.4 Å². The molecule has 0 saturated carbocycles. The lowest BCUT2D eigenvalue weighted by atomic mass is 10.1. The molecule has 1 fully saturated rings. The first-order valence-electron chi connectivity index (χ1n) is 9.05. The van der Waals surface area contributed by atoms with Gasteiger partial charge in [0.1, 0.15) is 11.4 Å². The summed E-state index contributed by atoms with van der Waals surface area (Å²) in [4.78, 5) is 21.7. The van der Waals surface area contributed by atoms with Gasteiger partial charge in [-0.15, -0.1) is 0 Å². The van der Waals surface area contributed by atoms with Gasteiger partial charge in [0.2, 0.25) is 5.95 Å². The van der Waals surface area contributed by atoms with Gasteiger partial charge in [-0.3, -0.25) is 9.78 Å². The standard InChI is InChI=1S/C19H22F3N5O/c1-11(23)15-16(25-18(26-17(15)28)27-9-3-4-10-27)24-12(2)13-5-7-14(8-6-13)19(20,21)22/h5-8,12,23H,3-4,9-10H2,1-2H3,(H2,24,25,26,28). The number of benzene rings is 1. The fraction of sp³-hybridized carbons (Fsp3) is 0.421. The number of hydrogen-bond donors (Lipinski definition) is 3. The van der Waals surface area contributed by atoms with E-state index in [0.717, 1.165) is 38.1 Å². The molecule has 3 N–H and O–H groups in total. The topological polar surface area (TPSA) is 84.9 Å². The normalized spacial score (nSPS) is 15.5. The maximum Gasteiger partial charge on any atom is 0.416 e. The number of rotatable bonds is 5. The molecule has 0 bridgehead atoms. The van der Waals surface area contributed by atoms with Crippen molar-refractivity contribution >= 4 is 17.5 Å². The molecule has 2 aromatic rings. The Morgan fingerprint density at radius 1 is 1.25 bits per heavy atom. The molecule has 1 atom stereocenters. The Bertz CT molecular complexity index is 915. The Morgan fingerprint density at radius 2 is 1.86 bits per heavy atom. The molecule has 1 aliphatic heterocycles. The molecule has 28 heavy (non-hydrogen) atoms. The fourth-order valence-corrected chi connectivity index (χ4v) is 3.24. The van der Waals surface area contributed by atoms with Crippen LogP contribution in [-0.2, 0) is 6.18 Å². The second-order valence-electron chi connectivity index (χ2n) is 6.92. The number of halogens is 3. The van der Waals surface area contributed by atoms with E-state index in [1.54, 1.807) is 6.92 Å². The molecule has 3 rings (SSSR count). The van der Waals surface area contributed by atoms with Crippen LogP contribution in [0.3, 0.4) is 0 Å². The molecule has 2 heterocycles. The largest absolute Gasteiger partial charge is 0.416 e. The zero-order valence-electron chi connectivity index (χ0n) is 15.7. The van der Waals surface area contributed by atoms with Crippen LogP contribution in [0.4, 0.5) is 24.9 Å². The maximum atomic E-state index is 12.8. The lowest BCUT2D eigenvalue weighted by Crippen LogP contribution is -2.28. The van der Waals surface area contributed by atoms with E-state index in [9.17, 15) is 18.0 Å². The Hall–Kier alpha value is -2.84. The molecule has 1 aromatic carbocycles. The molecule has 1 saturated heterocycles. The van der Waals surface area contributed by atoms with Crippen molar-refractivity contribution in [2.45, 2.75) is 38.9 Å². The molecule has 9 heteroatoms. The maximum absolute atomic E-state index is 12.8.